The van der Waals surface area contributed by atoms with Gasteiger partial charge in [-0.2, -0.15) is 0 Å². The summed E-state index contributed by atoms with van der Waals surface area (Å²) in [6, 6.07) is 54.0. The summed E-state index contributed by atoms with van der Waals surface area (Å²) in [5.41, 5.74) is 9.74. The Balaban J connectivity index is 1.17. The van der Waals surface area contributed by atoms with Gasteiger partial charge in [0.15, 0.2) is 0 Å². The van der Waals surface area contributed by atoms with Gasteiger partial charge >= 0.3 is 0 Å². The first-order valence-corrected chi connectivity index (χ1v) is 15.2. The molecular formula is C42H27N3. The van der Waals surface area contributed by atoms with Crippen molar-refractivity contribution in [2.24, 2.45) is 0 Å². The van der Waals surface area contributed by atoms with E-state index in [4.69, 9.17) is 9.97 Å². The van der Waals surface area contributed by atoms with Crippen molar-refractivity contribution in [3.05, 3.63) is 164 Å². The van der Waals surface area contributed by atoms with Gasteiger partial charge in [-0.05, 0) is 79.5 Å². The van der Waals surface area contributed by atoms with Gasteiger partial charge in [-0.25, -0.2) is 4.98 Å². The number of fused-ring (bicyclic) bond motifs is 4. The Morgan fingerprint density at radius 3 is 1.87 bits per heavy atom. The van der Waals surface area contributed by atoms with E-state index in [1.165, 1.54) is 43.8 Å². The molecule has 0 saturated heterocycles. The minimum absolute atomic E-state index is 0.869. The van der Waals surface area contributed by atoms with Crippen molar-refractivity contribution >= 4 is 38.0 Å². The minimum Gasteiger partial charge on any atom is -0.299 e. The fraction of sp³-hybridized carbons (Fsp3) is 0. The van der Waals surface area contributed by atoms with Gasteiger partial charge in [0, 0.05) is 23.3 Å². The summed E-state index contributed by atoms with van der Waals surface area (Å²) in [6.07, 6.45) is 4.02. The Morgan fingerprint density at radius 2 is 1.07 bits per heavy atom. The molecule has 9 aromatic rings. The van der Waals surface area contributed by atoms with Crippen LogP contribution in [0.2, 0.25) is 0 Å². The van der Waals surface area contributed by atoms with Gasteiger partial charge in [0.25, 0.3) is 0 Å². The predicted octanol–water partition coefficient (Wildman–Crippen LogP) is 10.9. The summed E-state index contributed by atoms with van der Waals surface area (Å²) in [6.45, 7) is 0. The minimum atomic E-state index is 0.869. The maximum absolute atomic E-state index is 5.06. The molecule has 0 aliphatic carbocycles. The maximum atomic E-state index is 5.06. The molecule has 3 heterocycles. The molecule has 9 rings (SSSR count). The van der Waals surface area contributed by atoms with Crippen LogP contribution in [-0.4, -0.2) is 14.4 Å². The SMILES string of the molecule is c1ccc(-c2ccc(-c3ccc4cc(-c5c(-c6cc7ccccc7cn6)nc6ccccn56)ccc4c3)c3ccccc23)cc1. The highest BCUT2D eigenvalue weighted by Crippen LogP contribution is 2.38. The summed E-state index contributed by atoms with van der Waals surface area (Å²) in [4.78, 5) is 9.90. The molecule has 0 amide bonds. The number of benzene rings is 6. The topological polar surface area (TPSA) is 30.2 Å². The van der Waals surface area contributed by atoms with E-state index >= 15 is 0 Å². The highest BCUT2D eigenvalue weighted by Gasteiger charge is 2.18. The molecule has 0 N–H and O–H groups in total. The van der Waals surface area contributed by atoms with Gasteiger partial charge in [-0.1, -0.05) is 121 Å². The van der Waals surface area contributed by atoms with Gasteiger partial charge in [0.1, 0.15) is 11.3 Å². The lowest BCUT2D eigenvalue weighted by atomic mass is 9.91. The monoisotopic (exact) mass is 573 g/mol. The van der Waals surface area contributed by atoms with Crippen LogP contribution in [0.25, 0.3) is 82.9 Å². The number of hydrogen-bond acceptors (Lipinski definition) is 2. The van der Waals surface area contributed by atoms with Crippen molar-refractivity contribution in [3.63, 3.8) is 0 Å². The smallest absolute Gasteiger partial charge is 0.138 e. The van der Waals surface area contributed by atoms with E-state index in [-0.39, 0.29) is 0 Å². The normalized spacial score (nSPS) is 11.6. The molecule has 3 nitrogen and oxygen atoms in total. The molecule has 6 aromatic carbocycles. The van der Waals surface area contributed by atoms with Crippen LogP contribution in [-0.2, 0) is 0 Å². The molecular weight excluding hydrogens is 546 g/mol. The number of rotatable bonds is 4. The van der Waals surface area contributed by atoms with Gasteiger partial charge in [0.05, 0.1) is 11.4 Å². The third kappa shape index (κ3) is 4.29. The van der Waals surface area contributed by atoms with Crippen LogP contribution < -0.4 is 0 Å². The molecule has 0 spiro atoms. The number of hydrogen-bond donors (Lipinski definition) is 0. The second-order valence-corrected chi connectivity index (χ2v) is 11.5. The zero-order valence-electron chi connectivity index (χ0n) is 24.4. The van der Waals surface area contributed by atoms with Crippen molar-refractivity contribution in [1.82, 2.24) is 14.4 Å². The lowest BCUT2D eigenvalue weighted by Gasteiger charge is -2.13. The van der Waals surface area contributed by atoms with Gasteiger partial charge < -0.3 is 0 Å². The quantitative estimate of drug-likeness (QED) is 0.210. The zero-order chi connectivity index (χ0) is 29.7. The molecule has 0 atom stereocenters. The fourth-order valence-corrected chi connectivity index (χ4v) is 6.64. The predicted molar refractivity (Wildman–Crippen MR) is 187 cm³/mol. The van der Waals surface area contributed by atoms with Crippen molar-refractivity contribution in [3.8, 4) is 44.9 Å². The fourth-order valence-electron chi connectivity index (χ4n) is 6.64. The largest absolute Gasteiger partial charge is 0.299 e. The molecule has 0 bridgehead atoms. The second kappa shape index (κ2) is 10.3. The summed E-state index contributed by atoms with van der Waals surface area (Å²) in [5, 5.41) is 7.18. The van der Waals surface area contributed by atoms with E-state index in [0.717, 1.165) is 39.1 Å². The first-order valence-electron chi connectivity index (χ1n) is 15.2. The first kappa shape index (κ1) is 25.4. The van der Waals surface area contributed by atoms with Gasteiger partial charge in [-0.15, -0.1) is 0 Å². The highest BCUT2D eigenvalue weighted by atomic mass is 15.0. The number of nitrogens with zero attached hydrogens (tertiary/aromatic N) is 3. The summed E-state index contributed by atoms with van der Waals surface area (Å²) in [5.74, 6) is 0. The molecule has 0 fully saturated rings. The molecule has 210 valence electrons. The zero-order valence-corrected chi connectivity index (χ0v) is 24.4. The van der Waals surface area contributed by atoms with Crippen LogP contribution in [0.1, 0.15) is 0 Å². The lowest BCUT2D eigenvalue weighted by Crippen LogP contribution is -1.91. The van der Waals surface area contributed by atoms with Crippen LogP contribution in [0.5, 0.6) is 0 Å². The first-order chi connectivity index (χ1) is 22.3. The Morgan fingerprint density at radius 1 is 0.444 bits per heavy atom. The number of imidazole rings is 1. The molecule has 45 heavy (non-hydrogen) atoms. The van der Waals surface area contributed by atoms with E-state index in [0.29, 0.717) is 0 Å². The Hall–Kier alpha value is -6.06. The van der Waals surface area contributed by atoms with Gasteiger partial charge in [0.2, 0.25) is 0 Å². The molecule has 0 saturated carbocycles. The molecule has 0 unspecified atom stereocenters. The molecule has 0 radical (unpaired) electrons. The van der Waals surface area contributed by atoms with Crippen molar-refractivity contribution in [2.75, 3.05) is 0 Å². The molecule has 3 heteroatoms. The van der Waals surface area contributed by atoms with Crippen molar-refractivity contribution < 1.29 is 0 Å². The van der Waals surface area contributed by atoms with Crippen molar-refractivity contribution in [2.45, 2.75) is 0 Å². The average molecular weight is 574 g/mol. The Kier molecular flexibility index (Phi) is 5.82. The highest BCUT2D eigenvalue weighted by molar-refractivity contribution is 6.06. The Bertz CT molecular complexity index is 2540. The lowest BCUT2D eigenvalue weighted by molar-refractivity contribution is 1.19. The van der Waals surface area contributed by atoms with E-state index in [2.05, 4.69) is 150 Å². The van der Waals surface area contributed by atoms with Crippen molar-refractivity contribution in [1.29, 1.82) is 0 Å². The molecule has 0 aliphatic rings. The van der Waals surface area contributed by atoms with Gasteiger partial charge in [-0.3, -0.25) is 9.38 Å². The van der Waals surface area contributed by atoms with Crippen LogP contribution in [0, 0.1) is 0 Å². The average Bonchev–Trinajstić information content (AvgIpc) is 3.51. The maximum Gasteiger partial charge on any atom is 0.138 e. The van der Waals surface area contributed by atoms with E-state index in [1.54, 1.807) is 0 Å². The third-order valence-corrected chi connectivity index (χ3v) is 8.84. The summed E-state index contributed by atoms with van der Waals surface area (Å²) >= 11 is 0. The standard InChI is InChI=1S/C42H27N3/c1-2-10-28(11-3-1)35-21-22-36(38-15-7-6-14-37(35)38)32-19-17-31-25-33(20-18-30(31)24-32)42-41(44-40-16-8-9-23-45(40)42)39-26-29-12-4-5-13-34(29)27-43-39/h1-27H. The Labute approximate surface area is 260 Å². The van der Waals surface area contributed by atoms with Crippen LogP contribution in [0.15, 0.2) is 164 Å². The number of pyridine rings is 2. The molecule has 3 aromatic heterocycles. The van der Waals surface area contributed by atoms with Crippen LogP contribution >= 0.6 is 0 Å². The second-order valence-electron chi connectivity index (χ2n) is 11.5. The van der Waals surface area contributed by atoms with E-state index < -0.39 is 0 Å². The van der Waals surface area contributed by atoms with E-state index in [9.17, 15) is 0 Å². The third-order valence-electron chi connectivity index (χ3n) is 8.84. The summed E-state index contributed by atoms with van der Waals surface area (Å²) in [7, 11) is 0. The number of aromatic nitrogens is 3. The summed E-state index contributed by atoms with van der Waals surface area (Å²) < 4.78 is 2.17. The van der Waals surface area contributed by atoms with E-state index in [1.807, 2.05) is 18.3 Å². The van der Waals surface area contributed by atoms with Crippen LogP contribution in [0.3, 0.4) is 0 Å². The van der Waals surface area contributed by atoms with Crippen LogP contribution in [0.4, 0.5) is 0 Å². The molecule has 0 aliphatic heterocycles.